The molecule has 1 atom stereocenters. The molecule has 0 bridgehead atoms. The maximum atomic E-state index is 12.6. The number of nitrogens with zero attached hydrogens (tertiary/aromatic N) is 3. The number of benzene rings is 3. The van der Waals surface area contributed by atoms with Gasteiger partial charge in [-0.05, 0) is 29.2 Å². The van der Waals surface area contributed by atoms with Gasteiger partial charge in [0.2, 0.25) is 5.91 Å². The van der Waals surface area contributed by atoms with Crippen LogP contribution in [0.15, 0.2) is 103 Å². The Morgan fingerprint density at radius 2 is 1.48 bits per heavy atom. The van der Waals surface area contributed by atoms with Crippen molar-refractivity contribution < 1.29 is 4.79 Å². The van der Waals surface area contributed by atoms with E-state index >= 15 is 0 Å². The molecule has 4 rings (SSSR count). The zero-order valence-electron chi connectivity index (χ0n) is 17.1. The van der Waals surface area contributed by atoms with E-state index in [2.05, 4.69) is 27.8 Å². The summed E-state index contributed by atoms with van der Waals surface area (Å²) < 4.78 is 1.76. The maximum Gasteiger partial charge on any atom is 0.244 e. The Hall–Kier alpha value is -3.99. The number of carbonyl (C=O) groups excluding carboxylic acids is 1. The monoisotopic (exact) mass is 408 g/mol. The zero-order chi connectivity index (χ0) is 21.3. The van der Waals surface area contributed by atoms with Gasteiger partial charge in [-0.1, -0.05) is 96.2 Å². The number of hydrogen-bond acceptors (Lipinski definition) is 3. The van der Waals surface area contributed by atoms with Crippen LogP contribution in [0.3, 0.4) is 0 Å². The number of aromatic nitrogens is 3. The predicted octanol–water partition coefficient (Wildman–Crippen LogP) is 4.44. The summed E-state index contributed by atoms with van der Waals surface area (Å²) in [6.07, 6.45) is 5.75. The predicted molar refractivity (Wildman–Crippen MR) is 122 cm³/mol. The average molecular weight is 409 g/mol. The molecule has 0 fully saturated rings. The van der Waals surface area contributed by atoms with Crippen LogP contribution in [-0.4, -0.2) is 20.9 Å². The zero-order valence-corrected chi connectivity index (χ0v) is 17.1. The van der Waals surface area contributed by atoms with Crippen molar-refractivity contribution in [2.45, 2.75) is 19.0 Å². The number of amides is 1. The molecule has 3 aromatic carbocycles. The molecule has 1 N–H and O–H groups in total. The van der Waals surface area contributed by atoms with Gasteiger partial charge in [0.25, 0.3) is 0 Å². The third-order valence-corrected chi connectivity index (χ3v) is 4.95. The van der Waals surface area contributed by atoms with Crippen LogP contribution < -0.4 is 5.32 Å². The smallest absolute Gasteiger partial charge is 0.244 e. The molecule has 0 aliphatic rings. The highest BCUT2D eigenvalue weighted by atomic mass is 16.1. The first-order valence-corrected chi connectivity index (χ1v) is 10.3. The van der Waals surface area contributed by atoms with E-state index in [9.17, 15) is 4.79 Å². The van der Waals surface area contributed by atoms with Crippen molar-refractivity contribution in [2.24, 2.45) is 0 Å². The average Bonchev–Trinajstić information content (AvgIpc) is 3.26. The lowest BCUT2D eigenvalue weighted by Crippen LogP contribution is -2.28. The van der Waals surface area contributed by atoms with E-state index in [4.69, 9.17) is 0 Å². The third kappa shape index (κ3) is 6.00. The van der Waals surface area contributed by atoms with Gasteiger partial charge in [0.1, 0.15) is 5.69 Å². The molecule has 1 aromatic heterocycles. The van der Waals surface area contributed by atoms with Gasteiger partial charge in [-0.15, -0.1) is 5.10 Å². The molecule has 1 heterocycles. The molecule has 0 aliphatic heterocycles. The maximum absolute atomic E-state index is 12.6. The Morgan fingerprint density at radius 3 is 2.16 bits per heavy atom. The standard InChI is InChI=1S/C26H24N4O/c31-26(17-16-24-20-30(29-28-24)19-22-12-6-2-7-13-22)27-25(23-14-8-3-9-15-23)18-21-10-4-1-5-11-21/h1-17,20,25H,18-19H2,(H,27,31)/b17-16+. The van der Waals surface area contributed by atoms with E-state index in [1.54, 1.807) is 10.8 Å². The first kappa shape index (κ1) is 20.3. The Balaban J connectivity index is 1.41. The summed E-state index contributed by atoms with van der Waals surface area (Å²) in [5.74, 6) is -0.164. The van der Waals surface area contributed by atoms with Gasteiger partial charge in [0.15, 0.2) is 0 Å². The molecule has 5 nitrogen and oxygen atoms in total. The van der Waals surface area contributed by atoms with Crippen LogP contribution in [0.1, 0.15) is 28.4 Å². The lowest BCUT2D eigenvalue weighted by Gasteiger charge is -2.18. The van der Waals surface area contributed by atoms with Crippen molar-refractivity contribution in [1.29, 1.82) is 0 Å². The molecule has 154 valence electrons. The minimum absolute atomic E-state index is 0.116. The molecule has 0 saturated heterocycles. The van der Waals surface area contributed by atoms with Crippen molar-refractivity contribution in [1.82, 2.24) is 20.3 Å². The lowest BCUT2D eigenvalue weighted by molar-refractivity contribution is -0.117. The number of nitrogens with one attached hydrogen (secondary N) is 1. The minimum Gasteiger partial charge on any atom is -0.345 e. The van der Waals surface area contributed by atoms with Crippen LogP contribution in [0.2, 0.25) is 0 Å². The van der Waals surface area contributed by atoms with Crippen molar-refractivity contribution in [3.8, 4) is 0 Å². The molecule has 0 saturated carbocycles. The highest BCUT2D eigenvalue weighted by Gasteiger charge is 2.14. The van der Waals surface area contributed by atoms with Crippen LogP contribution in [0.4, 0.5) is 0 Å². The molecule has 5 heteroatoms. The van der Waals surface area contributed by atoms with E-state index in [-0.39, 0.29) is 11.9 Å². The lowest BCUT2D eigenvalue weighted by atomic mass is 9.99. The fraction of sp³-hybridized carbons (Fsp3) is 0.115. The van der Waals surface area contributed by atoms with Crippen LogP contribution in [-0.2, 0) is 17.8 Å². The van der Waals surface area contributed by atoms with Gasteiger partial charge >= 0.3 is 0 Å². The molecule has 1 unspecified atom stereocenters. The van der Waals surface area contributed by atoms with E-state index in [1.165, 1.54) is 11.6 Å². The van der Waals surface area contributed by atoms with Gasteiger partial charge < -0.3 is 5.32 Å². The third-order valence-electron chi connectivity index (χ3n) is 4.95. The van der Waals surface area contributed by atoms with E-state index in [0.29, 0.717) is 12.2 Å². The van der Waals surface area contributed by atoms with Crippen molar-refractivity contribution in [3.63, 3.8) is 0 Å². The Morgan fingerprint density at radius 1 is 0.871 bits per heavy atom. The van der Waals surface area contributed by atoms with Gasteiger partial charge in [-0.2, -0.15) is 0 Å². The fourth-order valence-electron chi connectivity index (χ4n) is 3.41. The molecule has 31 heavy (non-hydrogen) atoms. The van der Waals surface area contributed by atoms with Gasteiger partial charge in [-0.25, -0.2) is 4.68 Å². The molecular weight excluding hydrogens is 384 g/mol. The van der Waals surface area contributed by atoms with Crippen LogP contribution >= 0.6 is 0 Å². The molecule has 1 amide bonds. The second-order valence-electron chi connectivity index (χ2n) is 7.32. The topological polar surface area (TPSA) is 59.8 Å². The first-order valence-electron chi connectivity index (χ1n) is 10.3. The van der Waals surface area contributed by atoms with E-state index in [1.807, 2.05) is 85.1 Å². The van der Waals surface area contributed by atoms with Crippen molar-refractivity contribution in [3.05, 3.63) is 126 Å². The Kier molecular flexibility index (Phi) is 6.65. The molecule has 0 aliphatic carbocycles. The second kappa shape index (κ2) is 10.2. The summed E-state index contributed by atoms with van der Waals surface area (Å²) in [4.78, 5) is 12.6. The summed E-state index contributed by atoms with van der Waals surface area (Å²) in [5, 5.41) is 11.4. The van der Waals surface area contributed by atoms with E-state index < -0.39 is 0 Å². The molecular formula is C26H24N4O. The number of rotatable bonds is 8. The largest absolute Gasteiger partial charge is 0.345 e. The fourth-order valence-corrected chi connectivity index (χ4v) is 3.41. The Labute approximate surface area is 182 Å². The first-order chi connectivity index (χ1) is 15.3. The van der Waals surface area contributed by atoms with Gasteiger partial charge in [-0.3, -0.25) is 4.79 Å². The summed E-state index contributed by atoms with van der Waals surface area (Å²) in [7, 11) is 0. The second-order valence-corrected chi connectivity index (χ2v) is 7.32. The summed E-state index contributed by atoms with van der Waals surface area (Å²) in [6, 6.07) is 30.1. The van der Waals surface area contributed by atoms with Crippen LogP contribution in [0, 0.1) is 0 Å². The van der Waals surface area contributed by atoms with Gasteiger partial charge in [0, 0.05) is 6.08 Å². The minimum atomic E-state index is -0.164. The highest BCUT2D eigenvalue weighted by Crippen LogP contribution is 2.18. The van der Waals surface area contributed by atoms with Crippen molar-refractivity contribution in [2.75, 3.05) is 0 Å². The SMILES string of the molecule is O=C(/C=C/c1cn(Cc2ccccc2)nn1)NC(Cc1ccccc1)c1ccccc1. The summed E-state index contributed by atoms with van der Waals surface area (Å²) >= 11 is 0. The number of carbonyl (C=O) groups is 1. The molecule has 0 spiro atoms. The van der Waals surface area contributed by atoms with Crippen LogP contribution in [0.25, 0.3) is 6.08 Å². The van der Waals surface area contributed by atoms with Gasteiger partial charge in [0.05, 0.1) is 18.8 Å². The highest BCUT2D eigenvalue weighted by molar-refractivity contribution is 5.91. The van der Waals surface area contributed by atoms with Crippen molar-refractivity contribution >= 4 is 12.0 Å². The molecule has 4 aromatic rings. The Bertz CT molecular complexity index is 1120. The normalized spacial score (nSPS) is 12.0. The van der Waals surface area contributed by atoms with Crippen LogP contribution in [0.5, 0.6) is 0 Å². The summed E-state index contributed by atoms with van der Waals surface area (Å²) in [5.41, 5.74) is 4.03. The van der Waals surface area contributed by atoms with E-state index in [0.717, 1.165) is 17.5 Å². The number of hydrogen-bond donors (Lipinski definition) is 1. The molecule has 0 radical (unpaired) electrons. The summed E-state index contributed by atoms with van der Waals surface area (Å²) in [6.45, 7) is 0.640. The quantitative estimate of drug-likeness (QED) is 0.439.